The molecule has 3 rings (SSSR count). The van der Waals surface area contributed by atoms with Gasteiger partial charge in [0.25, 0.3) is 5.91 Å². The van der Waals surface area contributed by atoms with Crippen LogP contribution in [0.3, 0.4) is 0 Å². The maximum atomic E-state index is 12.9. The molecule has 0 atom stereocenters. The zero-order valence-electron chi connectivity index (χ0n) is 17.3. The second-order valence-corrected chi connectivity index (χ2v) is 6.90. The van der Waals surface area contributed by atoms with Gasteiger partial charge in [-0.1, -0.05) is 60.7 Å². The Morgan fingerprint density at radius 1 is 0.967 bits per heavy atom. The molecule has 0 fully saturated rings. The number of phenols is 1. The maximum absolute atomic E-state index is 12.9. The summed E-state index contributed by atoms with van der Waals surface area (Å²) in [5.74, 6) is -0.578. The molecule has 3 aromatic carbocycles. The van der Waals surface area contributed by atoms with Crippen LogP contribution in [0.25, 0.3) is 0 Å². The average Bonchev–Trinajstić information content (AvgIpc) is 2.78. The van der Waals surface area contributed by atoms with E-state index in [2.05, 4.69) is 29.3 Å². The molecule has 0 aliphatic rings. The summed E-state index contributed by atoms with van der Waals surface area (Å²) in [7, 11) is 0. The van der Waals surface area contributed by atoms with Gasteiger partial charge >= 0.3 is 0 Å². The predicted octanol–water partition coefficient (Wildman–Crippen LogP) is 4.52. The van der Waals surface area contributed by atoms with Crippen LogP contribution in [-0.4, -0.2) is 30.3 Å². The predicted molar refractivity (Wildman–Crippen MR) is 122 cm³/mol. The Morgan fingerprint density at radius 3 is 2.03 bits per heavy atom. The van der Waals surface area contributed by atoms with Crippen LogP contribution in [0.1, 0.15) is 36.5 Å². The first-order valence-corrected chi connectivity index (χ1v) is 10.1. The van der Waals surface area contributed by atoms with Crippen molar-refractivity contribution in [2.75, 3.05) is 18.0 Å². The molecule has 5 nitrogen and oxygen atoms in total. The highest BCUT2D eigenvalue weighted by atomic mass is 16.3. The molecule has 154 valence electrons. The Kier molecular flexibility index (Phi) is 7.22. The minimum atomic E-state index is -0.469. The van der Waals surface area contributed by atoms with E-state index < -0.39 is 5.92 Å². The minimum Gasteiger partial charge on any atom is -0.507 e. The number of benzene rings is 3. The number of anilines is 1. The largest absolute Gasteiger partial charge is 0.507 e. The fourth-order valence-electron chi connectivity index (χ4n) is 3.44. The second kappa shape index (κ2) is 10.3. The van der Waals surface area contributed by atoms with Gasteiger partial charge in [0.15, 0.2) is 0 Å². The van der Waals surface area contributed by atoms with Gasteiger partial charge in [0.2, 0.25) is 0 Å². The molecular formula is C25H27N3O2. The molecular weight excluding hydrogens is 374 g/mol. The summed E-state index contributed by atoms with van der Waals surface area (Å²) < 4.78 is 0. The van der Waals surface area contributed by atoms with E-state index in [0.29, 0.717) is 5.56 Å². The van der Waals surface area contributed by atoms with Crippen molar-refractivity contribution in [3.05, 3.63) is 95.6 Å². The Morgan fingerprint density at radius 2 is 1.53 bits per heavy atom. The molecule has 1 amide bonds. The summed E-state index contributed by atoms with van der Waals surface area (Å²) in [6, 6.07) is 24.7. The van der Waals surface area contributed by atoms with Crippen molar-refractivity contribution in [1.82, 2.24) is 5.43 Å². The third kappa shape index (κ3) is 5.06. The zero-order chi connectivity index (χ0) is 21.3. The number of hydrogen-bond acceptors (Lipinski definition) is 4. The van der Waals surface area contributed by atoms with Gasteiger partial charge in [-0.25, -0.2) is 5.43 Å². The van der Waals surface area contributed by atoms with E-state index in [-0.39, 0.29) is 11.7 Å². The Hall–Kier alpha value is -3.60. The van der Waals surface area contributed by atoms with Crippen molar-refractivity contribution in [3.63, 3.8) is 0 Å². The van der Waals surface area contributed by atoms with Crippen LogP contribution < -0.4 is 10.3 Å². The number of carbonyl (C=O) groups excluding carboxylic acids is 1. The summed E-state index contributed by atoms with van der Waals surface area (Å²) in [4.78, 5) is 15.1. The van der Waals surface area contributed by atoms with Crippen LogP contribution >= 0.6 is 0 Å². The van der Waals surface area contributed by atoms with Gasteiger partial charge in [-0.2, -0.15) is 5.10 Å². The normalized spacial score (nSPS) is 11.0. The number of aromatic hydroxyl groups is 1. The molecule has 0 aliphatic carbocycles. The van der Waals surface area contributed by atoms with Crippen molar-refractivity contribution in [2.24, 2.45) is 5.10 Å². The number of amides is 1. The number of rotatable bonds is 8. The van der Waals surface area contributed by atoms with Gasteiger partial charge in [0, 0.05) is 30.4 Å². The van der Waals surface area contributed by atoms with Crippen molar-refractivity contribution >= 4 is 17.8 Å². The molecule has 5 heteroatoms. The highest BCUT2D eigenvalue weighted by molar-refractivity contribution is 5.89. The molecule has 0 radical (unpaired) electrons. The van der Waals surface area contributed by atoms with Gasteiger partial charge in [-0.05, 0) is 37.1 Å². The summed E-state index contributed by atoms with van der Waals surface area (Å²) in [5, 5.41) is 14.4. The summed E-state index contributed by atoms with van der Waals surface area (Å²) >= 11 is 0. The van der Waals surface area contributed by atoms with Crippen LogP contribution in [0.2, 0.25) is 0 Å². The van der Waals surface area contributed by atoms with Crippen LogP contribution in [0.15, 0.2) is 84.0 Å². The molecule has 3 aromatic rings. The fourth-order valence-corrected chi connectivity index (χ4v) is 3.44. The Balaban J connectivity index is 1.76. The van der Waals surface area contributed by atoms with Crippen LogP contribution in [0.5, 0.6) is 5.75 Å². The van der Waals surface area contributed by atoms with Crippen LogP contribution in [0, 0.1) is 0 Å². The van der Waals surface area contributed by atoms with Gasteiger partial charge in [-0.3, -0.25) is 4.79 Å². The van der Waals surface area contributed by atoms with Crippen molar-refractivity contribution < 1.29 is 9.90 Å². The van der Waals surface area contributed by atoms with Crippen LogP contribution in [-0.2, 0) is 4.79 Å². The van der Waals surface area contributed by atoms with E-state index in [1.165, 1.54) is 6.21 Å². The number of phenolic OH excluding ortho intramolecular Hbond substituents is 1. The molecule has 0 spiro atoms. The highest BCUT2D eigenvalue weighted by Crippen LogP contribution is 2.25. The smallest absolute Gasteiger partial charge is 0.252 e. The van der Waals surface area contributed by atoms with Gasteiger partial charge in [-0.15, -0.1) is 0 Å². The van der Waals surface area contributed by atoms with E-state index in [0.717, 1.165) is 29.9 Å². The topological polar surface area (TPSA) is 64.9 Å². The monoisotopic (exact) mass is 401 g/mol. The first-order valence-electron chi connectivity index (χ1n) is 10.1. The lowest BCUT2D eigenvalue weighted by Crippen LogP contribution is -2.26. The van der Waals surface area contributed by atoms with E-state index >= 15 is 0 Å². The Labute approximate surface area is 177 Å². The van der Waals surface area contributed by atoms with Crippen molar-refractivity contribution in [2.45, 2.75) is 19.8 Å². The average molecular weight is 402 g/mol. The standard InChI is InChI=1S/C25H27N3O2/c1-3-28(4-2)22-16-15-21(23(29)17-22)18-26-27-25(30)24(19-11-7-5-8-12-19)20-13-9-6-10-14-20/h5-18,24,29H,3-4H2,1-2H3,(H,27,30)/b26-18+. The van der Waals surface area contributed by atoms with E-state index in [4.69, 9.17) is 0 Å². The third-order valence-corrected chi connectivity index (χ3v) is 5.05. The van der Waals surface area contributed by atoms with Gasteiger partial charge in [0.05, 0.1) is 12.1 Å². The molecule has 0 aromatic heterocycles. The fraction of sp³-hybridized carbons (Fsp3) is 0.200. The molecule has 0 heterocycles. The lowest BCUT2D eigenvalue weighted by Gasteiger charge is -2.21. The minimum absolute atomic E-state index is 0.125. The van der Waals surface area contributed by atoms with Gasteiger partial charge < -0.3 is 10.0 Å². The van der Waals surface area contributed by atoms with Gasteiger partial charge in [0.1, 0.15) is 5.75 Å². The highest BCUT2D eigenvalue weighted by Gasteiger charge is 2.22. The lowest BCUT2D eigenvalue weighted by atomic mass is 9.91. The first-order chi connectivity index (χ1) is 14.6. The summed E-state index contributed by atoms with van der Waals surface area (Å²) in [6.45, 7) is 5.86. The maximum Gasteiger partial charge on any atom is 0.252 e. The van der Waals surface area contributed by atoms with Crippen LogP contribution in [0.4, 0.5) is 5.69 Å². The number of nitrogens with one attached hydrogen (secondary N) is 1. The van der Waals surface area contributed by atoms with E-state index in [1.54, 1.807) is 12.1 Å². The van der Waals surface area contributed by atoms with Crippen molar-refractivity contribution in [1.29, 1.82) is 0 Å². The third-order valence-electron chi connectivity index (χ3n) is 5.05. The Bertz CT molecular complexity index is 944. The molecule has 30 heavy (non-hydrogen) atoms. The molecule has 0 saturated carbocycles. The number of carbonyl (C=O) groups is 1. The quantitative estimate of drug-likeness (QED) is 0.431. The SMILES string of the molecule is CCN(CC)c1ccc(/C=N/NC(=O)C(c2ccccc2)c2ccccc2)c(O)c1. The van der Waals surface area contributed by atoms with Crippen molar-refractivity contribution in [3.8, 4) is 5.75 Å². The first kappa shape index (κ1) is 21.1. The lowest BCUT2D eigenvalue weighted by molar-refractivity contribution is -0.121. The second-order valence-electron chi connectivity index (χ2n) is 6.90. The summed E-state index contributed by atoms with van der Waals surface area (Å²) in [6.07, 6.45) is 1.46. The molecule has 0 aliphatic heterocycles. The van der Waals surface area contributed by atoms with E-state index in [9.17, 15) is 9.90 Å². The number of hydrogen-bond donors (Lipinski definition) is 2. The molecule has 2 N–H and O–H groups in total. The molecule has 0 unspecified atom stereocenters. The number of hydrazone groups is 1. The van der Waals surface area contributed by atoms with E-state index in [1.807, 2.05) is 66.7 Å². The summed E-state index contributed by atoms with van der Waals surface area (Å²) in [5.41, 5.74) is 5.90. The molecule has 0 saturated heterocycles. The number of nitrogens with zero attached hydrogens (tertiary/aromatic N) is 2. The molecule has 0 bridgehead atoms. The zero-order valence-corrected chi connectivity index (χ0v) is 17.3.